The molecule has 1 atom stereocenters. The molecule has 0 aliphatic heterocycles. The van der Waals surface area contributed by atoms with Gasteiger partial charge in [-0.1, -0.05) is 13.8 Å². The van der Waals surface area contributed by atoms with Crippen molar-refractivity contribution in [2.45, 2.75) is 39.4 Å². The number of carbonyl (C=O) groups excluding carboxylic acids is 1. The van der Waals surface area contributed by atoms with Crippen molar-refractivity contribution in [2.75, 3.05) is 6.54 Å². The average Bonchev–Trinajstić information content (AvgIpc) is 2.82. The Morgan fingerprint density at radius 2 is 2.00 bits per heavy atom. The minimum absolute atomic E-state index is 0.107. The second-order valence-electron chi connectivity index (χ2n) is 6.33. The van der Waals surface area contributed by atoms with Crippen LogP contribution in [0.3, 0.4) is 0 Å². The van der Waals surface area contributed by atoms with Crippen LogP contribution >= 0.6 is 11.3 Å². The smallest absolute Gasteiger partial charge is 0.345 e. The molecular weight excluding hydrogens is 339 g/mol. The molecule has 0 aromatic carbocycles. The average molecular weight is 359 g/mol. The topological polar surface area (TPSA) is 68.0 Å². The van der Waals surface area contributed by atoms with E-state index in [1.54, 1.807) is 6.92 Å². The number of aryl methyl sites for hydroxylation is 1. The van der Waals surface area contributed by atoms with Crippen molar-refractivity contribution >= 4 is 27.5 Å². The van der Waals surface area contributed by atoms with Crippen molar-refractivity contribution < 1.29 is 18.0 Å². The van der Waals surface area contributed by atoms with Crippen molar-refractivity contribution in [3.8, 4) is 0 Å². The number of halogens is 3. The van der Waals surface area contributed by atoms with Crippen molar-refractivity contribution in [3.05, 3.63) is 28.3 Å². The number of alkyl halides is 3. The second kappa shape index (κ2) is 6.33. The van der Waals surface area contributed by atoms with E-state index in [2.05, 4.69) is 10.3 Å². The zero-order valence-electron chi connectivity index (χ0n) is 13.9. The van der Waals surface area contributed by atoms with E-state index in [1.165, 1.54) is 6.07 Å². The Morgan fingerprint density at radius 3 is 2.50 bits per heavy atom. The molecule has 0 saturated heterocycles. The van der Waals surface area contributed by atoms with E-state index in [4.69, 9.17) is 5.73 Å². The predicted octanol–water partition coefficient (Wildman–Crippen LogP) is 3.73. The fraction of sp³-hybridized carbons (Fsp3) is 0.500. The lowest BCUT2D eigenvalue weighted by Gasteiger charge is -2.33. The lowest BCUT2D eigenvalue weighted by atomic mass is 9.88. The van der Waals surface area contributed by atoms with Crippen molar-refractivity contribution in [1.82, 2.24) is 10.3 Å². The molecule has 0 spiro atoms. The van der Waals surface area contributed by atoms with E-state index in [9.17, 15) is 18.0 Å². The Hall–Kier alpha value is -1.67. The van der Waals surface area contributed by atoms with Crippen LogP contribution in [0.4, 0.5) is 13.2 Å². The number of hydrogen-bond donors (Lipinski definition) is 2. The monoisotopic (exact) mass is 359 g/mol. The number of aromatic nitrogens is 1. The number of pyridine rings is 1. The van der Waals surface area contributed by atoms with Gasteiger partial charge in [-0.25, -0.2) is 4.98 Å². The third-order valence-corrected chi connectivity index (χ3v) is 5.60. The first-order valence-corrected chi connectivity index (χ1v) is 8.31. The summed E-state index contributed by atoms with van der Waals surface area (Å²) >= 11 is 0.961. The molecule has 132 valence electrons. The van der Waals surface area contributed by atoms with Gasteiger partial charge in [0.05, 0.1) is 10.4 Å². The van der Waals surface area contributed by atoms with Crippen LogP contribution in [-0.4, -0.2) is 23.0 Å². The minimum atomic E-state index is -4.51. The highest BCUT2D eigenvalue weighted by Gasteiger charge is 2.34. The maximum Gasteiger partial charge on any atom is 0.433 e. The third kappa shape index (κ3) is 3.39. The first kappa shape index (κ1) is 18.7. The van der Waals surface area contributed by atoms with Gasteiger partial charge in [0.15, 0.2) is 0 Å². The van der Waals surface area contributed by atoms with E-state index in [1.807, 2.05) is 20.8 Å². The molecule has 2 aromatic heterocycles. The maximum absolute atomic E-state index is 12.8. The number of hydrogen-bond acceptors (Lipinski definition) is 4. The normalized spacial score (nSPS) is 14.9. The van der Waals surface area contributed by atoms with Crippen LogP contribution in [0.25, 0.3) is 10.2 Å². The number of thiophene rings is 1. The highest BCUT2D eigenvalue weighted by atomic mass is 32.1. The van der Waals surface area contributed by atoms with E-state index in [0.717, 1.165) is 17.4 Å². The predicted molar refractivity (Wildman–Crippen MR) is 89.1 cm³/mol. The first-order valence-electron chi connectivity index (χ1n) is 7.49. The van der Waals surface area contributed by atoms with Crippen molar-refractivity contribution in [3.63, 3.8) is 0 Å². The zero-order valence-corrected chi connectivity index (χ0v) is 14.7. The van der Waals surface area contributed by atoms with Gasteiger partial charge in [0, 0.05) is 11.9 Å². The molecule has 0 aliphatic rings. The number of nitrogens with two attached hydrogens (primary N) is 1. The lowest BCUT2D eigenvalue weighted by molar-refractivity contribution is -0.140. The highest BCUT2D eigenvalue weighted by molar-refractivity contribution is 7.20. The van der Waals surface area contributed by atoms with Crippen LogP contribution < -0.4 is 11.1 Å². The Balaban J connectivity index is 2.42. The molecule has 0 saturated carbocycles. The van der Waals surface area contributed by atoms with Crippen LogP contribution in [0.5, 0.6) is 0 Å². The van der Waals surface area contributed by atoms with Crippen LogP contribution in [0.15, 0.2) is 12.1 Å². The number of fused-ring (bicyclic) bond motifs is 1. The van der Waals surface area contributed by atoms with E-state index < -0.39 is 17.4 Å². The number of carbonyl (C=O) groups is 1. The highest BCUT2D eigenvalue weighted by Crippen LogP contribution is 2.34. The van der Waals surface area contributed by atoms with E-state index >= 15 is 0 Å². The molecule has 0 radical (unpaired) electrons. The standard InChI is InChI=1S/C16H20F3N3OS/c1-8(2)15(4,7-20)22-13(23)12-9(3)10-5-6-11(16(17,18)19)21-14(10)24-12/h5-6,8H,7,20H2,1-4H3,(H,22,23). The number of nitrogens with one attached hydrogen (secondary N) is 1. The molecule has 2 rings (SSSR count). The fourth-order valence-corrected chi connectivity index (χ4v) is 3.30. The summed E-state index contributed by atoms with van der Waals surface area (Å²) in [5.74, 6) is -0.234. The van der Waals surface area contributed by atoms with Crippen LogP contribution in [0.2, 0.25) is 0 Å². The molecule has 0 fully saturated rings. The molecule has 8 heteroatoms. The third-order valence-electron chi connectivity index (χ3n) is 4.40. The first-order chi connectivity index (χ1) is 11.0. The summed E-state index contributed by atoms with van der Waals surface area (Å²) in [6.45, 7) is 7.71. The van der Waals surface area contributed by atoms with Gasteiger partial charge in [-0.15, -0.1) is 11.3 Å². The quantitative estimate of drug-likeness (QED) is 0.874. The Labute approximate surface area is 142 Å². The SMILES string of the molecule is Cc1c(C(=O)NC(C)(CN)C(C)C)sc2nc(C(F)(F)F)ccc12. The summed E-state index contributed by atoms with van der Waals surface area (Å²) in [6, 6.07) is 2.29. The van der Waals surface area contributed by atoms with Gasteiger partial charge in [0.2, 0.25) is 0 Å². The van der Waals surface area contributed by atoms with E-state index in [0.29, 0.717) is 15.8 Å². The Bertz CT molecular complexity index is 770. The molecule has 0 aliphatic carbocycles. The van der Waals surface area contributed by atoms with Crippen LogP contribution in [0, 0.1) is 12.8 Å². The van der Waals surface area contributed by atoms with Gasteiger partial charge in [-0.05, 0) is 37.5 Å². The van der Waals surface area contributed by atoms with Crippen molar-refractivity contribution in [1.29, 1.82) is 0 Å². The van der Waals surface area contributed by atoms with Gasteiger partial charge < -0.3 is 11.1 Å². The Kier molecular flexibility index (Phi) is 4.92. The molecule has 1 unspecified atom stereocenters. The summed E-state index contributed by atoms with van der Waals surface area (Å²) in [6.07, 6.45) is -4.51. The molecule has 0 bridgehead atoms. The van der Waals surface area contributed by atoms with E-state index in [-0.39, 0.29) is 23.2 Å². The van der Waals surface area contributed by atoms with Crippen LogP contribution in [0.1, 0.15) is 41.7 Å². The van der Waals surface area contributed by atoms with Crippen LogP contribution in [-0.2, 0) is 6.18 Å². The minimum Gasteiger partial charge on any atom is -0.345 e. The largest absolute Gasteiger partial charge is 0.433 e. The van der Waals surface area contributed by atoms with Crippen molar-refractivity contribution in [2.24, 2.45) is 11.7 Å². The number of amides is 1. The molecular formula is C16H20F3N3OS. The van der Waals surface area contributed by atoms with Gasteiger partial charge in [-0.3, -0.25) is 4.79 Å². The maximum atomic E-state index is 12.8. The molecule has 24 heavy (non-hydrogen) atoms. The summed E-state index contributed by atoms with van der Waals surface area (Å²) in [7, 11) is 0. The molecule has 2 heterocycles. The summed E-state index contributed by atoms with van der Waals surface area (Å²) in [5.41, 5.74) is 4.83. The lowest BCUT2D eigenvalue weighted by Crippen LogP contribution is -2.54. The molecule has 3 N–H and O–H groups in total. The van der Waals surface area contributed by atoms with Gasteiger partial charge >= 0.3 is 6.18 Å². The molecule has 2 aromatic rings. The summed E-state index contributed by atoms with van der Waals surface area (Å²) < 4.78 is 38.4. The number of rotatable bonds is 4. The zero-order chi connectivity index (χ0) is 18.3. The van der Waals surface area contributed by atoms with Gasteiger partial charge in [0.25, 0.3) is 5.91 Å². The Morgan fingerprint density at radius 1 is 1.38 bits per heavy atom. The summed E-state index contributed by atoms with van der Waals surface area (Å²) in [5, 5.41) is 3.45. The number of nitrogens with zero attached hydrogens (tertiary/aromatic N) is 1. The van der Waals surface area contributed by atoms with Gasteiger partial charge in [-0.2, -0.15) is 13.2 Å². The second-order valence-corrected chi connectivity index (χ2v) is 7.33. The molecule has 1 amide bonds. The fourth-order valence-electron chi connectivity index (χ4n) is 2.22. The molecule has 4 nitrogen and oxygen atoms in total. The van der Waals surface area contributed by atoms with Gasteiger partial charge in [0.1, 0.15) is 10.5 Å². The summed E-state index contributed by atoms with van der Waals surface area (Å²) in [4.78, 5) is 16.8.